The van der Waals surface area contributed by atoms with Crippen molar-refractivity contribution < 1.29 is 4.79 Å². The van der Waals surface area contributed by atoms with Gasteiger partial charge in [0.15, 0.2) is 0 Å². The monoisotopic (exact) mass is 274 g/mol. The summed E-state index contributed by atoms with van der Waals surface area (Å²) < 4.78 is 0. The van der Waals surface area contributed by atoms with E-state index in [2.05, 4.69) is 30.5 Å². The van der Waals surface area contributed by atoms with Crippen molar-refractivity contribution in [1.29, 1.82) is 0 Å². The Bertz CT molecular complexity index is 590. The summed E-state index contributed by atoms with van der Waals surface area (Å²) in [5, 5.41) is 5.99. The number of hydrogen-bond donors (Lipinski definition) is 2. The molecule has 0 unspecified atom stereocenters. The third-order valence-corrected chi connectivity index (χ3v) is 3.99. The fourth-order valence-electron chi connectivity index (χ4n) is 1.97. The standard InChI is InChI=1S/C15H18N2OS/c1-10-7-13(11(2)19-10)9-17-14-6-4-5-12(8-14)15(18)16-3/h4-8,17H,9H2,1-3H3,(H,16,18). The molecule has 2 aromatic rings. The highest BCUT2D eigenvalue weighted by Crippen LogP contribution is 2.21. The number of benzene rings is 1. The summed E-state index contributed by atoms with van der Waals surface area (Å²) in [5.74, 6) is -0.0637. The van der Waals surface area contributed by atoms with E-state index in [0.29, 0.717) is 5.56 Å². The number of amides is 1. The van der Waals surface area contributed by atoms with Crippen molar-refractivity contribution in [2.24, 2.45) is 0 Å². The van der Waals surface area contributed by atoms with Crippen LogP contribution in [0.4, 0.5) is 5.69 Å². The van der Waals surface area contributed by atoms with Crippen LogP contribution >= 0.6 is 11.3 Å². The van der Waals surface area contributed by atoms with Gasteiger partial charge in [-0.3, -0.25) is 4.79 Å². The molecule has 0 radical (unpaired) electrons. The molecule has 0 bridgehead atoms. The number of carbonyl (C=O) groups excluding carboxylic acids is 1. The summed E-state index contributed by atoms with van der Waals surface area (Å²) in [6.45, 7) is 5.04. The van der Waals surface area contributed by atoms with Gasteiger partial charge in [-0.15, -0.1) is 11.3 Å². The molecule has 0 aliphatic heterocycles. The lowest BCUT2D eigenvalue weighted by atomic mass is 10.2. The minimum atomic E-state index is -0.0637. The highest BCUT2D eigenvalue weighted by atomic mass is 32.1. The zero-order valence-corrected chi connectivity index (χ0v) is 12.2. The van der Waals surface area contributed by atoms with Gasteiger partial charge in [0.2, 0.25) is 0 Å². The molecule has 2 rings (SSSR count). The largest absolute Gasteiger partial charge is 0.381 e. The van der Waals surface area contributed by atoms with Crippen LogP contribution in [0.3, 0.4) is 0 Å². The van der Waals surface area contributed by atoms with E-state index in [-0.39, 0.29) is 5.91 Å². The SMILES string of the molecule is CNC(=O)c1cccc(NCc2cc(C)sc2C)c1. The molecule has 1 aromatic heterocycles. The molecule has 0 aliphatic rings. The Balaban J connectivity index is 2.07. The number of hydrogen-bond acceptors (Lipinski definition) is 3. The second kappa shape index (κ2) is 5.89. The molecule has 4 heteroatoms. The van der Waals surface area contributed by atoms with E-state index in [4.69, 9.17) is 0 Å². The van der Waals surface area contributed by atoms with Gasteiger partial charge in [0.1, 0.15) is 0 Å². The minimum absolute atomic E-state index is 0.0637. The summed E-state index contributed by atoms with van der Waals surface area (Å²) in [7, 11) is 1.64. The average molecular weight is 274 g/mol. The maximum absolute atomic E-state index is 11.6. The first-order valence-corrected chi connectivity index (χ1v) is 7.03. The molecular formula is C15H18N2OS. The van der Waals surface area contributed by atoms with Gasteiger partial charge in [0, 0.05) is 34.6 Å². The van der Waals surface area contributed by atoms with E-state index >= 15 is 0 Å². The summed E-state index contributed by atoms with van der Waals surface area (Å²) in [6.07, 6.45) is 0. The second-order valence-electron chi connectivity index (χ2n) is 4.45. The molecule has 1 amide bonds. The van der Waals surface area contributed by atoms with Crippen molar-refractivity contribution in [3.8, 4) is 0 Å². The molecule has 0 fully saturated rings. The van der Waals surface area contributed by atoms with Gasteiger partial charge in [0.05, 0.1) is 0 Å². The highest BCUT2D eigenvalue weighted by Gasteiger charge is 2.05. The number of nitrogens with one attached hydrogen (secondary N) is 2. The molecule has 1 aromatic carbocycles. The summed E-state index contributed by atoms with van der Waals surface area (Å²) >= 11 is 1.81. The lowest BCUT2D eigenvalue weighted by Gasteiger charge is -2.07. The van der Waals surface area contributed by atoms with Crippen molar-refractivity contribution in [2.75, 3.05) is 12.4 Å². The van der Waals surface area contributed by atoms with Crippen molar-refractivity contribution in [3.05, 3.63) is 51.2 Å². The van der Waals surface area contributed by atoms with E-state index in [9.17, 15) is 4.79 Å². The predicted molar refractivity (Wildman–Crippen MR) is 81.0 cm³/mol. The van der Waals surface area contributed by atoms with E-state index in [1.165, 1.54) is 15.3 Å². The summed E-state index contributed by atoms with van der Waals surface area (Å²) in [6, 6.07) is 9.74. The molecule has 0 atom stereocenters. The molecule has 19 heavy (non-hydrogen) atoms. The number of anilines is 1. The zero-order chi connectivity index (χ0) is 13.8. The van der Waals surface area contributed by atoms with E-state index in [0.717, 1.165) is 12.2 Å². The second-order valence-corrected chi connectivity index (χ2v) is 5.91. The van der Waals surface area contributed by atoms with Crippen LogP contribution in [0, 0.1) is 13.8 Å². The first-order valence-electron chi connectivity index (χ1n) is 6.22. The first-order chi connectivity index (χ1) is 9.10. The quantitative estimate of drug-likeness (QED) is 0.898. The Morgan fingerprint density at radius 2 is 2.05 bits per heavy atom. The fourth-order valence-corrected chi connectivity index (χ4v) is 2.92. The van der Waals surface area contributed by atoms with Gasteiger partial charge in [-0.25, -0.2) is 0 Å². The third-order valence-electron chi connectivity index (χ3n) is 2.98. The zero-order valence-electron chi connectivity index (χ0n) is 11.4. The van der Waals surface area contributed by atoms with E-state index < -0.39 is 0 Å². The van der Waals surface area contributed by atoms with Crippen LogP contribution in [0.2, 0.25) is 0 Å². The highest BCUT2D eigenvalue weighted by molar-refractivity contribution is 7.12. The van der Waals surface area contributed by atoms with Crippen LogP contribution in [0.1, 0.15) is 25.7 Å². The van der Waals surface area contributed by atoms with Crippen LogP contribution in [-0.2, 0) is 6.54 Å². The van der Waals surface area contributed by atoms with Crippen molar-refractivity contribution in [1.82, 2.24) is 5.32 Å². The first kappa shape index (κ1) is 13.6. The Labute approximate surface area is 117 Å². The molecule has 0 spiro atoms. The lowest BCUT2D eigenvalue weighted by molar-refractivity contribution is 0.0963. The van der Waals surface area contributed by atoms with Gasteiger partial charge in [-0.2, -0.15) is 0 Å². The molecule has 100 valence electrons. The maximum atomic E-state index is 11.6. The Kier molecular flexibility index (Phi) is 4.22. The number of rotatable bonds is 4. The predicted octanol–water partition coefficient (Wildman–Crippen LogP) is 3.34. The van der Waals surface area contributed by atoms with Gasteiger partial charge in [-0.05, 0) is 43.7 Å². The van der Waals surface area contributed by atoms with Gasteiger partial charge in [0.25, 0.3) is 5.91 Å². The van der Waals surface area contributed by atoms with Crippen LogP contribution in [0.25, 0.3) is 0 Å². The Morgan fingerprint density at radius 3 is 2.68 bits per heavy atom. The Hall–Kier alpha value is -1.81. The fraction of sp³-hybridized carbons (Fsp3) is 0.267. The minimum Gasteiger partial charge on any atom is -0.381 e. The maximum Gasteiger partial charge on any atom is 0.251 e. The molecule has 0 saturated heterocycles. The van der Waals surface area contributed by atoms with Gasteiger partial charge in [-0.1, -0.05) is 6.07 Å². The molecular weight excluding hydrogens is 256 g/mol. The van der Waals surface area contributed by atoms with Crippen LogP contribution in [0.15, 0.2) is 30.3 Å². The number of thiophene rings is 1. The van der Waals surface area contributed by atoms with Gasteiger partial charge >= 0.3 is 0 Å². The van der Waals surface area contributed by atoms with Crippen molar-refractivity contribution >= 4 is 22.9 Å². The normalized spacial score (nSPS) is 10.3. The summed E-state index contributed by atoms with van der Waals surface area (Å²) in [4.78, 5) is 14.2. The van der Waals surface area contributed by atoms with E-state index in [1.807, 2.05) is 35.6 Å². The van der Waals surface area contributed by atoms with E-state index in [1.54, 1.807) is 7.05 Å². The Morgan fingerprint density at radius 1 is 1.26 bits per heavy atom. The molecule has 3 nitrogen and oxygen atoms in total. The van der Waals surface area contributed by atoms with Crippen LogP contribution < -0.4 is 10.6 Å². The van der Waals surface area contributed by atoms with Crippen LogP contribution in [-0.4, -0.2) is 13.0 Å². The summed E-state index contributed by atoms with van der Waals surface area (Å²) in [5.41, 5.74) is 2.95. The third kappa shape index (κ3) is 3.35. The molecule has 1 heterocycles. The van der Waals surface area contributed by atoms with Crippen LogP contribution in [0.5, 0.6) is 0 Å². The van der Waals surface area contributed by atoms with Crippen molar-refractivity contribution in [2.45, 2.75) is 20.4 Å². The number of aryl methyl sites for hydroxylation is 2. The number of carbonyl (C=O) groups is 1. The molecule has 0 saturated carbocycles. The molecule has 2 N–H and O–H groups in total. The van der Waals surface area contributed by atoms with Crippen molar-refractivity contribution in [3.63, 3.8) is 0 Å². The average Bonchev–Trinajstić information content (AvgIpc) is 2.74. The molecule has 0 aliphatic carbocycles. The topological polar surface area (TPSA) is 41.1 Å². The smallest absolute Gasteiger partial charge is 0.251 e. The lowest BCUT2D eigenvalue weighted by Crippen LogP contribution is -2.17. The van der Waals surface area contributed by atoms with Gasteiger partial charge < -0.3 is 10.6 Å².